The number of hydrogen-bond donors (Lipinski definition) is 3. The highest BCUT2D eigenvalue weighted by Crippen LogP contribution is 2.47. The number of aromatic nitrogens is 2. The van der Waals surface area contributed by atoms with Gasteiger partial charge in [-0.25, -0.2) is 4.98 Å². The molecule has 0 bridgehead atoms. The number of benzene rings is 1. The Morgan fingerprint density at radius 3 is 2.78 bits per heavy atom. The molecule has 0 fully saturated rings. The van der Waals surface area contributed by atoms with E-state index in [-0.39, 0.29) is 11.9 Å². The number of pyridine rings is 1. The Bertz CT molecular complexity index is 1350. The number of nitrogens with one attached hydrogen (secondary N) is 3. The number of carbonyl (C=O) groups is 1. The standard InChI is InChI=1S/C27H31N5O2S2/c1-16-14-20-24(26-31-21-15-19(4-5-22(21)35-26)18-6-9-28-10-7-18)27(36-25(20)17(2)30-16)32-23(33)8-11-29-12-13-34-3/h4-7,9-10,15-17,29-30H,8,11-14H2,1-3H3,(H,32,33)/t16-,17+/m1/s1. The first-order chi connectivity index (χ1) is 17.5. The minimum Gasteiger partial charge on any atom is -0.383 e. The van der Waals surface area contributed by atoms with Crippen molar-refractivity contribution in [2.75, 3.05) is 32.1 Å². The highest BCUT2D eigenvalue weighted by atomic mass is 32.1. The molecule has 0 saturated carbocycles. The zero-order valence-electron chi connectivity index (χ0n) is 20.8. The Labute approximate surface area is 219 Å². The Kier molecular flexibility index (Phi) is 7.73. The van der Waals surface area contributed by atoms with Crippen LogP contribution in [-0.4, -0.2) is 48.7 Å². The lowest BCUT2D eigenvalue weighted by Gasteiger charge is -2.26. The van der Waals surface area contributed by atoms with Crippen LogP contribution in [0.1, 0.15) is 36.8 Å². The molecule has 4 heterocycles. The summed E-state index contributed by atoms with van der Waals surface area (Å²) in [6.45, 7) is 6.39. The van der Waals surface area contributed by atoms with Gasteiger partial charge in [-0.2, -0.15) is 0 Å². The predicted octanol–water partition coefficient (Wildman–Crippen LogP) is 5.25. The number of nitrogens with zero attached hydrogens (tertiary/aromatic N) is 2. The third-order valence-corrected chi connectivity index (χ3v) is 8.74. The molecule has 0 spiro atoms. The van der Waals surface area contributed by atoms with E-state index in [4.69, 9.17) is 9.72 Å². The van der Waals surface area contributed by atoms with Crippen LogP contribution >= 0.6 is 22.7 Å². The molecule has 5 rings (SSSR count). The largest absolute Gasteiger partial charge is 0.383 e. The molecule has 3 N–H and O–H groups in total. The maximum atomic E-state index is 12.8. The third kappa shape index (κ3) is 5.35. The first kappa shape index (κ1) is 25.0. The van der Waals surface area contributed by atoms with Gasteiger partial charge in [-0.1, -0.05) is 6.07 Å². The monoisotopic (exact) mass is 521 g/mol. The van der Waals surface area contributed by atoms with Gasteiger partial charge in [0.25, 0.3) is 0 Å². The highest BCUT2D eigenvalue weighted by molar-refractivity contribution is 7.23. The van der Waals surface area contributed by atoms with Crippen LogP contribution in [-0.2, 0) is 16.0 Å². The number of ether oxygens (including phenoxy) is 1. The minimum absolute atomic E-state index is 0.00880. The molecule has 188 valence electrons. The van der Waals surface area contributed by atoms with Crippen LogP contribution in [0.25, 0.3) is 31.9 Å². The molecule has 3 aromatic heterocycles. The summed E-state index contributed by atoms with van der Waals surface area (Å²) in [7, 11) is 1.67. The Balaban J connectivity index is 1.47. The van der Waals surface area contributed by atoms with Gasteiger partial charge in [0.15, 0.2) is 0 Å². The van der Waals surface area contributed by atoms with E-state index < -0.39 is 0 Å². The van der Waals surface area contributed by atoms with Gasteiger partial charge in [-0.15, -0.1) is 22.7 Å². The van der Waals surface area contributed by atoms with Crippen molar-refractivity contribution in [2.24, 2.45) is 0 Å². The second-order valence-electron chi connectivity index (χ2n) is 9.12. The van der Waals surface area contributed by atoms with Crippen LogP contribution in [0.5, 0.6) is 0 Å². The molecule has 1 aliphatic heterocycles. The number of thiazole rings is 1. The maximum Gasteiger partial charge on any atom is 0.226 e. The zero-order chi connectivity index (χ0) is 25.1. The van der Waals surface area contributed by atoms with Crippen LogP contribution in [0.15, 0.2) is 42.7 Å². The van der Waals surface area contributed by atoms with Crippen molar-refractivity contribution in [2.45, 2.75) is 38.8 Å². The number of fused-ring (bicyclic) bond motifs is 2. The summed E-state index contributed by atoms with van der Waals surface area (Å²) in [5.74, 6) is 0.00880. The number of hydrogen-bond acceptors (Lipinski definition) is 8. The molecule has 0 saturated heterocycles. The maximum absolute atomic E-state index is 12.8. The van der Waals surface area contributed by atoms with Crippen molar-refractivity contribution < 1.29 is 9.53 Å². The normalized spacial score (nSPS) is 17.3. The van der Waals surface area contributed by atoms with E-state index in [1.165, 1.54) is 10.4 Å². The molecular weight excluding hydrogens is 490 g/mol. The van der Waals surface area contributed by atoms with E-state index >= 15 is 0 Å². The molecule has 36 heavy (non-hydrogen) atoms. The molecule has 0 radical (unpaired) electrons. The van der Waals surface area contributed by atoms with Gasteiger partial charge in [0.2, 0.25) is 5.91 Å². The number of amides is 1. The second kappa shape index (κ2) is 11.1. The van der Waals surface area contributed by atoms with Crippen molar-refractivity contribution in [1.82, 2.24) is 20.6 Å². The van der Waals surface area contributed by atoms with E-state index in [1.54, 1.807) is 29.8 Å². The zero-order valence-corrected chi connectivity index (χ0v) is 22.4. The SMILES string of the molecule is COCCNCCC(=O)Nc1sc2c(c1-c1nc3cc(-c4ccncc4)ccc3s1)C[C@@H](C)N[C@H]2C. The fourth-order valence-electron chi connectivity index (χ4n) is 4.67. The lowest BCUT2D eigenvalue weighted by Crippen LogP contribution is -2.35. The Morgan fingerprint density at radius 2 is 1.97 bits per heavy atom. The van der Waals surface area contributed by atoms with E-state index in [9.17, 15) is 4.79 Å². The summed E-state index contributed by atoms with van der Waals surface area (Å²) in [6, 6.07) is 11.0. The highest BCUT2D eigenvalue weighted by Gasteiger charge is 2.30. The van der Waals surface area contributed by atoms with Crippen molar-refractivity contribution >= 4 is 43.8 Å². The van der Waals surface area contributed by atoms with Crippen molar-refractivity contribution in [3.05, 3.63) is 53.2 Å². The fraction of sp³-hybridized carbons (Fsp3) is 0.370. The van der Waals surface area contributed by atoms with Gasteiger partial charge in [0.1, 0.15) is 10.0 Å². The number of carbonyl (C=O) groups excluding carboxylic acids is 1. The second-order valence-corrected chi connectivity index (χ2v) is 11.2. The van der Waals surface area contributed by atoms with Crippen molar-refractivity contribution in [3.8, 4) is 21.7 Å². The molecule has 0 aliphatic carbocycles. The van der Waals surface area contributed by atoms with E-state index in [1.807, 2.05) is 24.5 Å². The average Bonchev–Trinajstić information content (AvgIpc) is 3.44. The van der Waals surface area contributed by atoms with Crippen LogP contribution in [0.2, 0.25) is 0 Å². The van der Waals surface area contributed by atoms with Gasteiger partial charge in [0, 0.05) is 61.5 Å². The van der Waals surface area contributed by atoms with E-state index in [0.29, 0.717) is 25.6 Å². The Hall–Kier alpha value is -2.69. The van der Waals surface area contributed by atoms with Gasteiger partial charge < -0.3 is 20.7 Å². The predicted molar refractivity (Wildman–Crippen MR) is 149 cm³/mol. The molecule has 1 aromatic carbocycles. The van der Waals surface area contributed by atoms with Gasteiger partial charge in [-0.3, -0.25) is 9.78 Å². The van der Waals surface area contributed by atoms with Gasteiger partial charge in [-0.05, 0) is 61.2 Å². The molecule has 0 unspecified atom stereocenters. The number of rotatable bonds is 9. The lowest BCUT2D eigenvalue weighted by atomic mass is 9.95. The molecule has 2 atom stereocenters. The average molecular weight is 522 g/mol. The van der Waals surface area contributed by atoms with Crippen LogP contribution in [0, 0.1) is 0 Å². The summed E-state index contributed by atoms with van der Waals surface area (Å²) >= 11 is 3.37. The van der Waals surface area contributed by atoms with Crippen molar-refractivity contribution in [1.29, 1.82) is 0 Å². The van der Waals surface area contributed by atoms with Crippen LogP contribution in [0.4, 0.5) is 5.00 Å². The fourth-order valence-corrected chi connectivity index (χ4v) is 7.02. The first-order valence-electron chi connectivity index (χ1n) is 12.3. The number of anilines is 1. The van der Waals surface area contributed by atoms with Crippen LogP contribution < -0.4 is 16.0 Å². The quantitative estimate of drug-likeness (QED) is 0.261. The molecule has 4 aromatic rings. The first-order valence-corrected chi connectivity index (χ1v) is 13.9. The summed E-state index contributed by atoms with van der Waals surface area (Å²) in [6.07, 6.45) is 4.94. The molecule has 1 amide bonds. The van der Waals surface area contributed by atoms with E-state index in [2.05, 4.69) is 53.0 Å². The Morgan fingerprint density at radius 1 is 1.14 bits per heavy atom. The van der Waals surface area contributed by atoms with E-state index in [0.717, 1.165) is 49.9 Å². The summed E-state index contributed by atoms with van der Waals surface area (Å²) in [5.41, 5.74) is 5.60. The molecular formula is C27H31N5O2S2. The van der Waals surface area contributed by atoms with Gasteiger partial charge in [0.05, 0.1) is 16.8 Å². The molecule has 7 nitrogen and oxygen atoms in total. The number of thiophene rings is 1. The lowest BCUT2D eigenvalue weighted by molar-refractivity contribution is -0.116. The number of methoxy groups -OCH3 is 1. The topological polar surface area (TPSA) is 88.2 Å². The summed E-state index contributed by atoms with van der Waals surface area (Å²) in [5, 5.41) is 12.0. The van der Waals surface area contributed by atoms with Gasteiger partial charge >= 0.3 is 0 Å². The molecule has 9 heteroatoms. The third-order valence-electron chi connectivity index (χ3n) is 6.36. The smallest absolute Gasteiger partial charge is 0.226 e. The molecule has 1 aliphatic rings. The summed E-state index contributed by atoms with van der Waals surface area (Å²) < 4.78 is 6.19. The van der Waals surface area contributed by atoms with Crippen molar-refractivity contribution in [3.63, 3.8) is 0 Å². The minimum atomic E-state index is 0.00880. The van der Waals surface area contributed by atoms with Crippen LogP contribution in [0.3, 0.4) is 0 Å². The summed E-state index contributed by atoms with van der Waals surface area (Å²) in [4.78, 5) is 23.3.